The van der Waals surface area contributed by atoms with Gasteiger partial charge in [-0.25, -0.2) is 0 Å². The van der Waals surface area contributed by atoms with Crippen molar-refractivity contribution in [2.24, 2.45) is 0 Å². The van der Waals surface area contributed by atoms with Crippen molar-refractivity contribution in [3.05, 3.63) is 39.5 Å². The molecule has 0 unspecified atom stereocenters. The summed E-state index contributed by atoms with van der Waals surface area (Å²) >= 11 is 7.24. The molecule has 1 aromatic carbocycles. The molecule has 2 aromatic rings. The van der Waals surface area contributed by atoms with Crippen molar-refractivity contribution in [1.29, 1.82) is 5.41 Å². The fourth-order valence-electron chi connectivity index (χ4n) is 2.40. The van der Waals surface area contributed by atoms with Crippen molar-refractivity contribution in [3.63, 3.8) is 0 Å². The van der Waals surface area contributed by atoms with E-state index in [9.17, 15) is 4.79 Å². The summed E-state index contributed by atoms with van der Waals surface area (Å²) in [6.07, 6.45) is 0. The number of ether oxygens (including phenoxy) is 1. The number of carbonyl (C=O) groups excluding carboxylic acids is 1. The summed E-state index contributed by atoms with van der Waals surface area (Å²) in [6, 6.07) is 7.43. The Labute approximate surface area is 137 Å². The van der Waals surface area contributed by atoms with E-state index >= 15 is 0 Å². The van der Waals surface area contributed by atoms with Crippen LogP contribution >= 0.6 is 22.9 Å². The molecule has 0 bridgehead atoms. The van der Waals surface area contributed by atoms with Crippen LogP contribution in [0.4, 0.5) is 0 Å². The van der Waals surface area contributed by atoms with E-state index in [2.05, 4.69) is 0 Å². The van der Waals surface area contributed by atoms with Gasteiger partial charge in [0.2, 0.25) is 5.91 Å². The monoisotopic (exact) mass is 337 g/mol. The minimum atomic E-state index is 0.0235. The van der Waals surface area contributed by atoms with Gasteiger partial charge in [-0.15, -0.1) is 11.3 Å². The molecule has 0 spiro atoms. The number of nitrogens with one attached hydrogen (secondary N) is 1. The Morgan fingerprint density at radius 1 is 1.27 bits per heavy atom. The molecule has 1 N–H and O–H groups in total. The van der Waals surface area contributed by atoms with Gasteiger partial charge in [0.1, 0.15) is 6.54 Å². The first-order valence-corrected chi connectivity index (χ1v) is 8.25. The number of hydrogen-bond acceptors (Lipinski definition) is 4. The molecule has 2 heterocycles. The Morgan fingerprint density at radius 3 is 2.64 bits per heavy atom. The Morgan fingerprint density at radius 2 is 1.95 bits per heavy atom. The van der Waals surface area contributed by atoms with Crippen LogP contribution in [0.3, 0.4) is 0 Å². The van der Waals surface area contributed by atoms with Crippen LogP contribution in [0.15, 0.2) is 29.6 Å². The van der Waals surface area contributed by atoms with Crippen LogP contribution in [0.5, 0.6) is 0 Å². The third-order valence-corrected chi connectivity index (χ3v) is 4.65. The lowest BCUT2D eigenvalue weighted by Crippen LogP contribution is -2.43. The zero-order valence-corrected chi connectivity index (χ0v) is 13.5. The topological polar surface area (TPSA) is 58.3 Å². The first kappa shape index (κ1) is 15.3. The molecule has 1 fully saturated rings. The smallest absolute Gasteiger partial charge is 0.242 e. The van der Waals surface area contributed by atoms with Crippen molar-refractivity contribution >= 4 is 28.8 Å². The molecular formula is C15H16ClN3O2S. The highest BCUT2D eigenvalue weighted by Gasteiger charge is 2.19. The van der Waals surface area contributed by atoms with Crippen LogP contribution in [0.2, 0.25) is 5.02 Å². The average molecular weight is 338 g/mol. The Hall–Kier alpha value is -1.63. The van der Waals surface area contributed by atoms with E-state index in [0.29, 0.717) is 36.1 Å². The van der Waals surface area contributed by atoms with E-state index in [1.54, 1.807) is 9.47 Å². The van der Waals surface area contributed by atoms with Gasteiger partial charge in [0.05, 0.1) is 18.9 Å². The van der Waals surface area contributed by atoms with Crippen LogP contribution in [0, 0.1) is 5.41 Å². The lowest BCUT2D eigenvalue weighted by atomic mass is 10.2. The summed E-state index contributed by atoms with van der Waals surface area (Å²) in [5.74, 6) is 0.0235. The van der Waals surface area contributed by atoms with Gasteiger partial charge < -0.3 is 14.2 Å². The number of rotatable bonds is 3. The van der Waals surface area contributed by atoms with Crippen molar-refractivity contribution in [2.75, 3.05) is 26.3 Å². The lowest BCUT2D eigenvalue weighted by molar-refractivity contribution is -0.135. The molecule has 1 aromatic heterocycles. The second-order valence-corrected chi connectivity index (χ2v) is 6.31. The SMILES string of the molecule is N=c1scc(-c2ccc(Cl)cc2)n1CC(=O)N1CCOCC1. The summed E-state index contributed by atoms with van der Waals surface area (Å²) in [5.41, 5.74) is 1.82. The number of halogens is 1. The number of nitrogens with zero attached hydrogens (tertiary/aromatic N) is 2. The van der Waals surface area contributed by atoms with Crippen LogP contribution in [-0.4, -0.2) is 41.7 Å². The van der Waals surface area contributed by atoms with E-state index < -0.39 is 0 Å². The highest BCUT2D eigenvalue weighted by molar-refractivity contribution is 7.07. The van der Waals surface area contributed by atoms with Gasteiger partial charge in [-0.05, 0) is 17.7 Å². The van der Waals surface area contributed by atoms with Gasteiger partial charge >= 0.3 is 0 Å². The maximum Gasteiger partial charge on any atom is 0.242 e. The van der Waals surface area contributed by atoms with Gasteiger partial charge in [-0.1, -0.05) is 23.7 Å². The first-order chi connectivity index (χ1) is 10.6. The molecule has 1 aliphatic heterocycles. The molecule has 22 heavy (non-hydrogen) atoms. The van der Waals surface area contributed by atoms with Crippen molar-refractivity contribution in [2.45, 2.75) is 6.54 Å². The predicted octanol–water partition coefficient (Wildman–Crippen LogP) is 2.21. The van der Waals surface area contributed by atoms with Crippen LogP contribution in [0.25, 0.3) is 11.3 Å². The minimum Gasteiger partial charge on any atom is -0.378 e. The fourth-order valence-corrected chi connectivity index (χ4v) is 3.30. The molecule has 0 aliphatic carbocycles. The standard InChI is InChI=1S/C15H16ClN3O2S/c16-12-3-1-11(2-4-12)13-10-22-15(17)19(13)9-14(20)18-5-7-21-8-6-18/h1-4,10,17H,5-9H2. The van der Waals surface area contributed by atoms with E-state index in [4.69, 9.17) is 21.7 Å². The highest BCUT2D eigenvalue weighted by atomic mass is 35.5. The van der Waals surface area contributed by atoms with Gasteiger partial charge in [-0.3, -0.25) is 10.2 Å². The molecule has 1 saturated heterocycles. The van der Waals surface area contributed by atoms with E-state index in [1.165, 1.54) is 11.3 Å². The Balaban J connectivity index is 1.84. The maximum absolute atomic E-state index is 12.4. The van der Waals surface area contributed by atoms with E-state index in [1.807, 2.05) is 29.6 Å². The minimum absolute atomic E-state index is 0.0235. The second kappa shape index (κ2) is 6.64. The van der Waals surface area contributed by atoms with Gasteiger partial charge in [0.15, 0.2) is 4.80 Å². The summed E-state index contributed by atoms with van der Waals surface area (Å²) in [7, 11) is 0. The molecule has 116 valence electrons. The zero-order valence-electron chi connectivity index (χ0n) is 11.9. The third kappa shape index (κ3) is 3.24. The number of hydrogen-bond donors (Lipinski definition) is 1. The van der Waals surface area contributed by atoms with Crippen molar-refractivity contribution in [3.8, 4) is 11.3 Å². The quantitative estimate of drug-likeness (QED) is 0.933. The van der Waals surface area contributed by atoms with Gasteiger partial charge in [0.25, 0.3) is 0 Å². The number of benzene rings is 1. The first-order valence-electron chi connectivity index (χ1n) is 6.99. The number of morpholine rings is 1. The van der Waals surface area contributed by atoms with Crippen LogP contribution in [0.1, 0.15) is 0 Å². The Bertz CT molecular complexity index is 717. The summed E-state index contributed by atoms with van der Waals surface area (Å²) < 4.78 is 7.01. The number of aromatic nitrogens is 1. The fraction of sp³-hybridized carbons (Fsp3) is 0.333. The van der Waals surface area contributed by atoms with E-state index in [0.717, 1.165) is 11.3 Å². The van der Waals surface area contributed by atoms with Crippen LogP contribution < -0.4 is 4.80 Å². The summed E-state index contributed by atoms with van der Waals surface area (Å²) in [6.45, 7) is 2.58. The van der Waals surface area contributed by atoms with Crippen molar-refractivity contribution < 1.29 is 9.53 Å². The predicted molar refractivity (Wildman–Crippen MR) is 86.0 cm³/mol. The number of carbonyl (C=O) groups is 1. The molecule has 7 heteroatoms. The molecular weight excluding hydrogens is 322 g/mol. The van der Waals surface area contributed by atoms with Crippen molar-refractivity contribution in [1.82, 2.24) is 9.47 Å². The maximum atomic E-state index is 12.4. The molecule has 5 nitrogen and oxygen atoms in total. The molecule has 0 radical (unpaired) electrons. The van der Waals surface area contributed by atoms with E-state index in [-0.39, 0.29) is 12.5 Å². The molecule has 1 amide bonds. The molecule has 0 saturated carbocycles. The largest absolute Gasteiger partial charge is 0.378 e. The number of amides is 1. The highest BCUT2D eigenvalue weighted by Crippen LogP contribution is 2.22. The van der Waals surface area contributed by atoms with Crippen LogP contribution in [-0.2, 0) is 16.1 Å². The summed E-state index contributed by atoms with van der Waals surface area (Å²) in [4.78, 5) is 14.6. The number of thiazole rings is 1. The summed E-state index contributed by atoms with van der Waals surface area (Å²) in [5, 5.41) is 10.6. The van der Waals surface area contributed by atoms with Gasteiger partial charge in [-0.2, -0.15) is 0 Å². The molecule has 1 aliphatic rings. The zero-order chi connectivity index (χ0) is 15.5. The normalized spacial score (nSPS) is 15.0. The van der Waals surface area contributed by atoms with Gasteiger partial charge in [0, 0.05) is 23.5 Å². The average Bonchev–Trinajstić information content (AvgIpc) is 2.90. The third-order valence-electron chi connectivity index (χ3n) is 3.62. The molecule has 3 rings (SSSR count). The lowest BCUT2D eigenvalue weighted by Gasteiger charge is -2.27. The Kier molecular flexibility index (Phi) is 4.61. The second-order valence-electron chi connectivity index (χ2n) is 5.01. The molecule has 0 atom stereocenters.